The molecule has 1 aliphatic rings. The zero-order valence-corrected chi connectivity index (χ0v) is 12.6. The second-order valence-corrected chi connectivity index (χ2v) is 6.06. The van der Waals surface area contributed by atoms with Crippen LogP contribution in [-0.2, 0) is 0 Å². The highest BCUT2D eigenvalue weighted by atomic mass is 32.1. The number of hydrogen-bond donors (Lipinski definition) is 1. The fourth-order valence-electron chi connectivity index (χ4n) is 2.27. The van der Waals surface area contributed by atoms with Crippen molar-refractivity contribution in [2.24, 2.45) is 0 Å². The van der Waals surface area contributed by atoms with Gasteiger partial charge >= 0.3 is 0 Å². The van der Waals surface area contributed by atoms with E-state index in [0.29, 0.717) is 0 Å². The van der Waals surface area contributed by atoms with Gasteiger partial charge in [-0.05, 0) is 18.2 Å². The third-order valence-electron chi connectivity index (χ3n) is 3.34. The van der Waals surface area contributed by atoms with Crippen LogP contribution in [0.15, 0.2) is 40.7 Å². The third kappa shape index (κ3) is 2.81. The summed E-state index contributed by atoms with van der Waals surface area (Å²) in [7, 11) is 0. The molecular weight excluding hydrogens is 290 g/mol. The number of carbonyl (C=O) groups is 1. The maximum atomic E-state index is 12.3. The number of rotatable bonds is 2. The van der Waals surface area contributed by atoms with Crippen molar-refractivity contribution >= 4 is 35.7 Å². The highest BCUT2D eigenvalue weighted by Gasteiger charge is 2.23. The molecule has 1 fully saturated rings. The molecule has 1 amide bonds. The zero-order chi connectivity index (χ0) is 13.9. The number of pyridine rings is 1. The normalized spacial score (nSPS) is 15.4. The molecule has 0 aliphatic carbocycles. The molecule has 3 rings (SSSR count). The third-order valence-corrected chi connectivity index (χ3v) is 4.69. The van der Waals surface area contributed by atoms with Crippen molar-refractivity contribution < 1.29 is 4.79 Å². The van der Waals surface area contributed by atoms with Crippen molar-refractivity contribution in [3.8, 4) is 0 Å². The van der Waals surface area contributed by atoms with Gasteiger partial charge in [0.1, 0.15) is 5.82 Å². The molecular formula is C14H15N3OS2. The van der Waals surface area contributed by atoms with E-state index in [1.54, 1.807) is 6.20 Å². The summed E-state index contributed by atoms with van der Waals surface area (Å²) in [5.74, 6) is 1.09. The lowest BCUT2D eigenvalue weighted by Gasteiger charge is -2.35. The van der Waals surface area contributed by atoms with Crippen molar-refractivity contribution in [3.63, 3.8) is 0 Å². The summed E-state index contributed by atoms with van der Waals surface area (Å²) < 4.78 is 0. The Morgan fingerprint density at radius 2 is 2.05 bits per heavy atom. The Bertz CT molecular complexity index is 591. The molecule has 104 valence electrons. The number of anilines is 1. The van der Waals surface area contributed by atoms with Gasteiger partial charge in [0.05, 0.1) is 4.88 Å². The highest BCUT2D eigenvalue weighted by molar-refractivity contribution is 7.80. The van der Waals surface area contributed by atoms with Gasteiger partial charge in [0, 0.05) is 42.7 Å². The average molecular weight is 305 g/mol. The average Bonchev–Trinajstić information content (AvgIpc) is 2.94. The first kappa shape index (κ1) is 13.5. The van der Waals surface area contributed by atoms with Crippen LogP contribution >= 0.6 is 24.0 Å². The van der Waals surface area contributed by atoms with Gasteiger partial charge in [-0.3, -0.25) is 4.79 Å². The molecule has 0 atom stereocenters. The Morgan fingerprint density at radius 3 is 2.65 bits per heavy atom. The highest BCUT2D eigenvalue weighted by Crippen LogP contribution is 2.21. The van der Waals surface area contributed by atoms with E-state index in [2.05, 4.69) is 22.5 Å². The second-order valence-electron chi connectivity index (χ2n) is 4.64. The molecule has 4 nitrogen and oxygen atoms in total. The zero-order valence-electron chi connectivity index (χ0n) is 10.9. The quantitative estimate of drug-likeness (QED) is 0.866. The van der Waals surface area contributed by atoms with Crippen molar-refractivity contribution in [3.05, 3.63) is 40.7 Å². The molecule has 0 bridgehead atoms. The first-order chi connectivity index (χ1) is 9.74. The molecule has 0 spiro atoms. The van der Waals surface area contributed by atoms with Crippen LogP contribution in [0.4, 0.5) is 5.82 Å². The Hall–Kier alpha value is -1.53. The Labute approximate surface area is 127 Å². The monoisotopic (exact) mass is 305 g/mol. The standard InChI is InChI=1S/C14H15N3OS2/c18-14(12-9-11(19)10-20-12)17-7-5-16(6-8-17)13-3-1-2-4-15-13/h1-4,9-10,19H,5-8H2. The van der Waals surface area contributed by atoms with E-state index in [1.807, 2.05) is 34.5 Å². The van der Waals surface area contributed by atoms with E-state index >= 15 is 0 Å². The van der Waals surface area contributed by atoms with Gasteiger partial charge in [-0.25, -0.2) is 4.98 Å². The minimum absolute atomic E-state index is 0.107. The largest absolute Gasteiger partial charge is 0.353 e. The maximum absolute atomic E-state index is 12.3. The minimum atomic E-state index is 0.107. The first-order valence-corrected chi connectivity index (χ1v) is 7.79. The van der Waals surface area contributed by atoms with E-state index in [1.165, 1.54) is 11.3 Å². The summed E-state index contributed by atoms with van der Waals surface area (Å²) in [5.41, 5.74) is 0. The summed E-state index contributed by atoms with van der Waals surface area (Å²) in [4.78, 5) is 22.4. The summed E-state index contributed by atoms with van der Waals surface area (Å²) in [5, 5.41) is 1.89. The molecule has 20 heavy (non-hydrogen) atoms. The van der Waals surface area contributed by atoms with E-state index < -0.39 is 0 Å². The van der Waals surface area contributed by atoms with Crippen LogP contribution in [0.2, 0.25) is 0 Å². The van der Waals surface area contributed by atoms with Gasteiger partial charge < -0.3 is 9.80 Å². The van der Waals surface area contributed by atoms with E-state index in [9.17, 15) is 4.79 Å². The first-order valence-electron chi connectivity index (χ1n) is 6.47. The number of amides is 1. The minimum Gasteiger partial charge on any atom is -0.353 e. The molecule has 0 aromatic carbocycles. The van der Waals surface area contributed by atoms with Crippen LogP contribution in [0.3, 0.4) is 0 Å². The predicted molar refractivity (Wildman–Crippen MR) is 83.9 cm³/mol. The van der Waals surface area contributed by atoms with Gasteiger partial charge in [-0.15, -0.1) is 24.0 Å². The number of piperazine rings is 1. The van der Waals surface area contributed by atoms with Gasteiger partial charge in [-0.1, -0.05) is 6.07 Å². The van der Waals surface area contributed by atoms with Crippen molar-refractivity contribution in [1.82, 2.24) is 9.88 Å². The summed E-state index contributed by atoms with van der Waals surface area (Å²) >= 11 is 5.70. The Balaban J connectivity index is 1.63. The summed E-state index contributed by atoms with van der Waals surface area (Å²) in [6.07, 6.45) is 1.80. The predicted octanol–water partition coefficient (Wildman–Crippen LogP) is 2.39. The molecule has 0 unspecified atom stereocenters. The summed E-state index contributed by atoms with van der Waals surface area (Å²) in [6.45, 7) is 3.11. The topological polar surface area (TPSA) is 36.4 Å². The van der Waals surface area contributed by atoms with E-state index in [-0.39, 0.29) is 5.91 Å². The maximum Gasteiger partial charge on any atom is 0.264 e. The SMILES string of the molecule is O=C(c1cc(S)cs1)N1CCN(c2ccccn2)CC1. The fourth-order valence-corrected chi connectivity index (χ4v) is 3.39. The Kier molecular flexibility index (Phi) is 3.93. The molecule has 0 saturated carbocycles. The number of aromatic nitrogens is 1. The van der Waals surface area contributed by atoms with Crippen molar-refractivity contribution in [2.75, 3.05) is 31.1 Å². The lowest BCUT2D eigenvalue weighted by molar-refractivity contribution is 0.0751. The number of thiol groups is 1. The number of thiophene rings is 1. The van der Waals surface area contributed by atoms with Crippen LogP contribution in [-0.4, -0.2) is 42.0 Å². The van der Waals surface area contributed by atoms with Crippen LogP contribution in [0, 0.1) is 0 Å². The lowest BCUT2D eigenvalue weighted by atomic mass is 10.3. The van der Waals surface area contributed by atoms with Crippen molar-refractivity contribution in [2.45, 2.75) is 4.90 Å². The smallest absolute Gasteiger partial charge is 0.264 e. The lowest BCUT2D eigenvalue weighted by Crippen LogP contribution is -2.48. The van der Waals surface area contributed by atoms with Crippen molar-refractivity contribution in [1.29, 1.82) is 0 Å². The fraction of sp³-hybridized carbons (Fsp3) is 0.286. The van der Waals surface area contributed by atoms with Crippen LogP contribution < -0.4 is 4.90 Å². The summed E-state index contributed by atoms with van der Waals surface area (Å²) in [6, 6.07) is 7.74. The Morgan fingerprint density at radius 1 is 1.25 bits per heavy atom. The molecule has 6 heteroatoms. The number of nitrogens with zero attached hydrogens (tertiary/aromatic N) is 3. The molecule has 3 heterocycles. The molecule has 1 aliphatic heterocycles. The number of hydrogen-bond acceptors (Lipinski definition) is 5. The van der Waals surface area contributed by atoms with E-state index in [0.717, 1.165) is 41.8 Å². The molecule has 0 N–H and O–H groups in total. The second kappa shape index (κ2) is 5.85. The van der Waals surface area contributed by atoms with Gasteiger partial charge in [-0.2, -0.15) is 0 Å². The van der Waals surface area contributed by atoms with E-state index in [4.69, 9.17) is 0 Å². The van der Waals surface area contributed by atoms with Gasteiger partial charge in [0.15, 0.2) is 0 Å². The van der Waals surface area contributed by atoms with Crippen LogP contribution in [0.1, 0.15) is 9.67 Å². The molecule has 2 aromatic heterocycles. The molecule has 1 saturated heterocycles. The molecule has 0 radical (unpaired) electrons. The van der Waals surface area contributed by atoms with Crippen LogP contribution in [0.5, 0.6) is 0 Å². The number of carbonyl (C=O) groups excluding carboxylic acids is 1. The molecule has 2 aromatic rings. The van der Waals surface area contributed by atoms with Gasteiger partial charge in [0.2, 0.25) is 0 Å². The van der Waals surface area contributed by atoms with Gasteiger partial charge in [0.25, 0.3) is 5.91 Å². The van der Waals surface area contributed by atoms with Crippen LogP contribution in [0.25, 0.3) is 0 Å².